The summed E-state index contributed by atoms with van der Waals surface area (Å²) >= 11 is 0. The zero-order chi connectivity index (χ0) is 25.8. The van der Waals surface area contributed by atoms with Crippen LogP contribution in [0.4, 0.5) is 4.39 Å². The van der Waals surface area contributed by atoms with Gasteiger partial charge in [-0.3, -0.25) is 4.90 Å². The minimum atomic E-state index is -1.26. The number of nitrogens with one attached hydrogen (secondary N) is 1. The molecule has 0 amide bonds. The highest BCUT2D eigenvalue weighted by Gasteiger charge is 2.34. The molecule has 2 aliphatic heterocycles. The predicted molar refractivity (Wildman–Crippen MR) is 134 cm³/mol. The van der Waals surface area contributed by atoms with E-state index in [9.17, 15) is 19.1 Å². The molecule has 0 bridgehead atoms. The summed E-state index contributed by atoms with van der Waals surface area (Å²) in [4.78, 5) is 21.7. The second kappa shape index (κ2) is 12.0. The lowest BCUT2D eigenvalue weighted by Gasteiger charge is -2.36. The Kier molecular flexibility index (Phi) is 8.98. The average molecular weight is 516 g/mol. The van der Waals surface area contributed by atoms with Gasteiger partial charge in [0.1, 0.15) is 17.3 Å². The summed E-state index contributed by atoms with van der Waals surface area (Å²) in [5, 5.41) is 34.8. The monoisotopic (exact) mass is 515 g/mol. The summed E-state index contributed by atoms with van der Waals surface area (Å²) in [5.74, 6) is -2.71. The van der Waals surface area contributed by atoms with E-state index in [1.54, 1.807) is 12.1 Å². The minimum absolute atomic E-state index is 0. The summed E-state index contributed by atoms with van der Waals surface area (Å²) in [6.07, 6.45) is 4.94. The van der Waals surface area contributed by atoms with Crippen LogP contribution in [-0.2, 0) is 16.1 Å². The Bertz CT molecular complexity index is 1280. The SMILES string of the molecule is CC(C1NCc2c1ccc(O)c2-c1noc2cc(F)ccc12)N1CCCCC1.O.O=C(O)/C=C/C(=O)O. The van der Waals surface area contributed by atoms with Crippen molar-refractivity contribution < 1.29 is 39.3 Å². The summed E-state index contributed by atoms with van der Waals surface area (Å²) in [6.45, 7) is 5.22. The molecule has 3 heterocycles. The van der Waals surface area contributed by atoms with Crippen LogP contribution in [0.1, 0.15) is 43.4 Å². The largest absolute Gasteiger partial charge is 0.507 e. The van der Waals surface area contributed by atoms with E-state index in [1.807, 2.05) is 6.07 Å². The maximum atomic E-state index is 13.5. The van der Waals surface area contributed by atoms with Crippen LogP contribution in [-0.4, -0.2) is 61.9 Å². The molecule has 2 unspecified atom stereocenters. The normalized spacial score (nSPS) is 18.1. The average Bonchev–Trinajstić information content (AvgIpc) is 3.47. The first-order chi connectivity index (χ1) is 17.3. The molecule has 0 saturated carbocycles. The third-order valence-corrected chi connectivity index (χ3v) is 6.65. The Morgan fingerprint density at radius 1 is 1.14 bits per heavy atom. The van der Waals surface area contributed by atoms with Crippen LogP contribution in [0.2, 0.25) is 0 Å². The number of carbonyl (C=O) groups is 2. The van der Waals surface area contributed by atoms with Crippen molar-refractivity contribution in [2.45, 2.75) is 44.8 Å². The fourth-order valence-electron chi connectivity index (χ4n) is 4.92. The van der Waals surface area contributed by atoms with Gasteiger partial charge in [-0.25, -0.2) is 14.0 Å². The van der Waals surface area contributed by atoms with Gasteiger partial charge in [-0.1, -0.05) is 17.6 Å². The number of carboxylic acids is 2. The smallest absolute Gasteiger partial charge is 0.328 e. The highest BCUT2D eigenvalue weighted by Crippen LogP contribution is 2.43. The van der Waals surface area contributed by atoms with Crippen molar-refractivity contribution in [2.75, 3.05) is 13.1 Å². The van der Waals surface area contributed by atoms with Crippen molar-refractivity contribution in [3.8, 4) is 17.0 Å². The molecule has 11 heteroatoms. The van der Waals surface area contributed by atoms with Crippen LogP contribution in [0, 0.1) is 5.82 Å². The highest BCUT2D eigenvalue weighted by atomic mass is 19.1. The number of likely N-dealkylation sites (tertiary alicyclic amines) is 1. The number of nitrogens with zero attached hydrogens (tertiary/aromatic N) is 2. The van der Waals surface area contributed by atoms with Crippen LogP contribution in [0.15, 0.2) is 47.0 Å². The third-order valence-electron chi connectivity index (χ3n) is 6.65. The molecule has 3 aromatic rings. The van der Waals surface area contributed by atoms with Crippen molar-refractivity contribution in [3.05, 3.63) is 59.4 Å². The van der Waals surface area contributed by atoms with Gasteiger partial charge in [0, 0.05) is 36.8 Å². The van der Waals surface area contributed by atoms with E-state index >= 15 is 0 Å². The first-order valence-electron chi connectivity index (χ1n) is 11.8. The number of benzene rings is 2. The number of hydrogen-bond acceptors (Lipinski definition) is 7. The number of halogens is 1. The number of phenols is 1. The number of phenolic OH excluding ortho intramolecular Hbond substituents is 1. The van der Waals surface area contributed by atoms with Gasteiger partial charge in [-0.15, -0.1) is 0 Å². The molecule has 1 saturated heterocycles. The van der Waals surface area contributed by atoms with Gasteiger partial charge in [-0.2, -0.15) is 0 Å². The topological polar surface area (TPSA) is 168 Å². The molecular weight excluding hydrogens is 485 g/mol. The van der Waals surface area contributed by atoms with E-state index in [0.717, 1.165) is 18.7 Å². The van der Waals surface area contributed by atoms with Crippen molar-refractivity contribution >= 4 is 22.9 Å². The van der Waals surface area contributed by atoms with Crippen molar-refractivity contribution in [1.29, 1.82) is 0 Å². The van der Waals surface area contributed by atoms with E-state index < -0.39 is 11.9 Å². The van der Waals surface area contributed by atoms with Gasteiger partial charge in [0.2, 0.25) is 0 Å². The molecule has 0 spiro atoms. The molecule has 10 nitrogen and oxygen atoms in total. The number of fused-ring (bicyclic) bond motifs is 2. The maximum absolute atomic E-state index is 13.5. The molecule has 37 heavy (non-hydrogen) atoms. The Morgan fingerprint density at radius 3 is 2.46 bits per heavy atom. The summed E-state index contributed by atoms with van der Waals surface area (Å²) in [7, 11) is 0. The lowest BCUT2D eigenvalue weighted by molar-refractivity contribution is -0.134. The van der Waals surface area contributed by atoms with Crippen LogP contribution in [0.5, 0.6) is 5.75 Å². The quantitative estimate of drug-likeness (QED) is 0.373. The van der Waals surface area contributed by atoms with E-state index in [4.69, 9.17) is 14.7 Å². The van der Waals surface area contributed by atoms with E-state index in [0.29, 0.717) is 47.0 Å². The molecule has 5 rings (SSSR count). The molecule has 2 aliphatic rings. The molecule has 198 valence electrons. The first kappa shape index (κ1) is 27.8. The Balaban J connectivity index is 0.000000370. The molecule has 2 atom stereocenters. The zero-order valence-corrected chi connectivity index (χ0v) is 20.3. The number of hydrogen-bond donors (Lipinski definition) is 4. The lowest BCUT2D eigenvalue weighted by Crippen LogP contribution is -2.43. The van der Waals surface area contributed by atoms with E-state index in [1.165, 1.54) is 37.0 Å². The minimum Gasteiger partial charge on any atom is -0.507 e. The standard InChI is InChI=1S/C22H24FN3O2.C4H4O4.H2O/c1-13(26-9-3-2-4-10-26)21-15-7-8-18(27)20(17(15)12-24-21)22-16-6-5-14(23)11-19(16)28-25-22;5-3(6)1-2-4(7)8;/h5-8,11,13,21,24,27H,2-4,9-10,12H2,1H3;1-2H,(H,5,6)(H,7,8);1H2/b;2-1+;. The zero-order valence-electron chi connectivity index (χ0n) is 20.3. The Morgan fingerprint density at radius 2 is 1.81 bits per heavy atom. The Labute approximate surface area is 212 Å². The molecular formula is C26H30FN3O7. The van der Waals surface area contributed by atoms with Gasteiger partial charge >= 0.3 is 11.9 Å². The molecule has 1 fully saturated rings. The van der Waals surface area contributed by atoms with Crippen molar-refractivity contribution in [1.82, 2.24) is 15.4 Å². The maximum Gasteiger partial charge on any atom is 0.328 e. The number of aromatic nitrogens is 1. The van der Waals surface area contributed by atoms with E-state index in [2.05, 4.69) is 22.3 Å². The lowest BCUT2D eigenvalue weighted by atomic mass is 9.92. The predicted octanol–water partition coefficient (Wildman–Crippen LogP) is 3.25. The van der Waals surface area contributed by atoms with E-state index in [-0.39, 0.29) is 23.1 Å². The van der Waals surface area contributed by atoms with Crippen LogP contribution >= 0.6 is 0 Å². The molecule has 1 aromatic heterocycles. The summed E-state index contributed by atoms with van der Waals surface area (Å²) in [5.41, 5.74) is 3.88. The summed E-state index contributed by atoms with van der Waals surface area (Å²) in [6, 6.07) is 8.72. The van der Waals surface area contributed by atoms with Gasteiger partial charge in [0.15, 0.2) is 5.58 Å². The first-order valence-corrected chi connectivity index (χ1v) is 11.8. The molecule has 0 aliphatic carbocycles. The number of aromatic hydroxyl groups is 1. The van der Waals surface area contributed by atoms with Crippen LogP contribution < -0.4 is 5.32 Å². The molecule has 2 aromatic carbocycles. The second-order valence-electron chi connectivity index (χ2n) is 8.90. The highest BCUT2D eigenvalue weighted by molar-refractivity contribution is 5.94. The fraction of sp³-hybridized carbons (Fsp3) is 0.346. The van der Waals surface area contributed by atoms with Gasteiger partial charge in [0.25, 0.3) is 0 Å². The summed E-state index contributed by atoms with van der Waals surface area (Å²) < 4.78 is 18.9. The molecule has 0 radical (unpaired) electrons. The third kappa shape index (κ3) is 6.13. The van der Waals surface area contributed by atoms with Gasteiger partial charge < -0.3 is 30.6 Å². The number of aliphatic carboxylic acids is 2. The molecule has 6 N–H and O–H groups in total. The fourth-order valence-corrected chi connectivity index (χ4v) is 4.92. The Hall–Kier alpha value is -3.80. The van der Waals surface area contributed by atoms with Crippen LogP contribution in [0.25, 0.3) is 22.2 Å². The van der Waals surface area contributed by atoms with Gasteiger partial charge in [0.05, 0.1) is 10.9 Å². The number of rotatable bonds is 5. The van der Waals surface area contributed by atoms with Crippen LogP contribution in [0.3, 0.4) is 0 Å². The van der Waals surface area contributed by atoms with Crippen molar-refractivity contribution in [2.24, 2.45) is 0 Å². The van der Waals surface area contributed by atoms with Gasteiger partial charge in [-0.05, 0) is 62.2 Å². The number of piperidine rings is 1. The second-order valence-corrected chi connectivity index (χ2v) is 8.90. The van der Waals surface area contributed by atoms with Crippen molar-refractivity contribution in [3.63, 3.8) is 0 Å². The number of carboxylic acid groups (broad SMARTS) is 2.